The van der Waals surface area contributed by atoms with E-state index in [4.69, 9.17) is 9.47 Å². The maximum absolute atomic E-state index is 11.7. The van der Waals surface area contributed by atoms with Crippen molar-refractivity contribution in [3.63, 3.8) is 0 Å². The van der Waals surface area contributed by atoms with Gasteiger partial charge in [0, 0.05) is 0 Å². The van der Waals surface area contributed by atoms with Crippen molar-refractivity contribution in [3.05, 3.63) is 35.4 Å². The van der Waals surface area contributed by atoms with E-state index >= 15 is 0 Å². The van der Waals surface area contributed by atoms with Gasteiger partial charge in [0.2, 0.25) is 0 Å². The molecular formula is C15H23NO5S. The first-order valence-electron chi connectivity index (χ1n) is 7.35. The summed E-state index contributed by atoms with van der Waals surface area (Å²) in [5, 5.41) is 0. The fraction of sp³-hybridized carbons (Fsp3) is 0.600. The molecule has 0 saturated carbocycles. The van der Waals surface area contributed by atoms with Gasteiger partial charge in [-0.25, -0.2) is 0 Å². The average molecular weight is 329 g/mol. The molecule has 0 aromatic heterocycles. The lowest BCUT2D eigenvalue weighted by atomic mass is 10.0. The summed E-state index contributed by atoms with van der Waals surface area (Å²) < 4.78 is 42.4. The zero-order valence-corrected chi connectivity index (χ0v) is 14.1. The number of nitrogens with one attached hydrogen (secondary N) is 1. The number of benzene rings is 1. The minimum atomic E-state index is -3.88. The van der Waals surface area contributed by atoms with Gasteiger partial charge in [0.25, 0.3) is 0 Å². The second-order valence-corrected chi connectivity index (χ2v) is 6.77. The Morgan fingerprint density at radius 1 is 1.23 bits per heavy atom. The highest BCUT2D eigenvalue weighted by Gasteiger charge is 2.47. The van der Waals surface area contributed by atoms with Crippen LogP contribution in [0.3, 0.4) is 0 Å². The summed E-state index contributed by atoms with van der Waals surface area (Å²) in [5.74, 6) is -0.798. The molecule has 6 nitrogen and oxygen atoms in total. The zero-order chi connectivity index (χ0) is 16.4. The van der Waals surface area contributed by atoms with Gasteiger partial charge >= 0.3 is 10.3 Å². The highest BCUT2D eigenvalue weighted by atomic mass is 32.2. The van der Waals surface area contributed by atoms with Gasteiger partial charge < -0.3 is 9.47 Å². The van der Waals surface area contributed by atoms with E-state index in [0.717, 1.165) is 18.2 Å². The number of rotatable bonds is 6. The van der Waals surface area contributed by atoms with Crippen LogP contribution in [0.1, 0.15) is 43.9 Å². The Kier molecular flexibility index (Phi) is 5.24. The average Bonchev–Trinajstić information content (AvgIpc) is 2.86. The van der Waals surface area contributed by atoms with Crippen LogP contribution in [0, 0.1) is 6.92 Å². The SMILES string of the molecule is CCC1(CC)O[C@H](NS(=O)(=O)OC)[C@H](c2ccccc2C)O1. The number of hydrogen-bond donors (Lipinski definition) is 1. The molecule has 7 heteroatoms. The zero-order valence-electron chi connectivity index (χ0n) is 13.3. The Labute approximate surface area is 132 Å². The number of hydrogen-bond acceptors (Lipinski definition) is 5. The van der Waals surface area contributed by atoms with Crippen molar-refractivity contribution >= 4 is 10.3 Å². The van der Waals surface area contributed by atoms with Crippen molar-refractivity contribution in [2.24, 2.45) is 0 Å². The van der Waals surface area contributed by atoms with Crippen LogP contribution in [0.5, 0.6) is 0 Å². The van der Waals surface area contributed by atoms with Crippen molar-refractivity contribution in [1.82, 2.24) is 4.72 Å². The minimum Gasteiger partial charge on any atom is -0.338 e. The Hall–Kier alpha value is -0.990. The van der Waals surface area contributed by atoms with Crippen LogP contribution in [0.2, 0.25) is 0 Å². The minimum absolute atomic E-state index is 0.522. The number of aryl methyl sites for hydroxylation is 1. The van der Waals surface area contributed by atoms with Crippen molar-refractivity contribution in [2.75, 3.05) is 7.11 Å². The third kappa shape index (κ3) is 3.49. The molecule has 2 atom stereocenters. The molecule has 22 heavy (non-hydrogen) atoms. The largest absolute Gasteiger partial charge is 0.338 e. The maximum Gasteiger partial charge on any atom is 0.337 e. The van der Waals surface area contributed by atoms with Crippen molar-refractivity contribution in [2.45, 2.75) is 51.7 Å². The van der Waals surface area contributed by atoms with E-state index in [-0.39, 0.29) is 0 Å². The summed E-state index contributed by atoms with van der Waals surface area (Å²) in [5.41, 5.74) is 1.91. The van der Waals surface area contributed by atoms with Crippen LogP contribution in [-0.4, -0.2) is 27.5 Å². The van der Waals surface area contributed by atoms with E-state index in [1.807, 2.05) is 45.0 Å². The molecule has 124 valence electrons. The lowest BCUT2D eigenvalue weighted by Gasteiger charge is -2.25. The quantitative estimate of drug-likeness (QED) is 0.867. The predicted octanol–water partition coefficient (Wildman–Crippen LogP) is 2.41. The molecule has 2 rings (SSSR count). The second kappa shape index (κ2) is 6.64. The van der Waals surface area contributed by atoms with Gasteiger partial charge in [-0.15, -0.1) is 0 Å². The van der Waals surface area contributed by atoms with Crippen LogP contribution in [0.15, 0.2) is 24.3 Å². The molecular weight excluding hydrogens is 306 g/mol. The Morgan fingerprint density at radius 2 is 1.86 bits per heavy atom. The van der Waals surface area contributed by atoms with Crippen molar-refractivity contribution in [1.29, 1.82) is 0 Å². The molecule has 0 radical (unpaired) electrons. The molecule has 1 aromatic rings. The van der Waals surface area contributed by atoms with Gasteiger partial charge in [-0.2, -0.15) is 13.1 Å². The first kappa shape index (κ1) is 17.4. The van der Waals surface area contributed by atoms with Gasteiger partial charge in [-0.05, 0) is 30.9 Å². The second-order valence-electron chi connectivity index (χ2n) is 5.29. The summed E-state index contributed by atoms with van der Waals surface area (Å²) in [4.78, 5) is 0. The van der Waals surface area contributed by atoms with E-state index < -0.39 is 28.4 Å². The molecule has 1 aromatic carbocycles. The molecule has 0 bridgehead atoms. The van der Waals surface area contributed by atoms with Gasteiger partial charge in [0.05, 0.1) is 7.11 Å². The first-order valence-corrected chi connectivity index (χ1v) is 8.76. The molecule has 1 heterocycles. The lowest BCUT2D eigenvalue weighted by molar-refractivity contribution is -0.180. The van der Waals surface area contributed by atoms with Crippen LogP contribution in [0.25, 0.3) is 0 Å². The first-order chi connectivity index (χ1) is 10.4. The fourth-order valence-corrected chi connectivity index (χ4v) is 3.16. The van der Waals surface area contributed by atoms with Crippen LogP contribution in [-0.2, 0) is 24.0 Å². The third-order valence-electron chi connectivity index (χ3n) is 4.01. The van der Waals surface area contributed by atoms with E-state index in [1.54, 1.807) is 0 Å². The summed E-state index contributed by atoms with van der Waals surface area (Å²) >= 11 is 0. The molecule has 0 unspecified atom stereocenters. The molecule has 0 spiro atoms. The highest BCUT2D eigenvalue weighted by Crippen LogP contribution is 2.42. The predicted molar refractivity (Wildman–Crippen MR) is 82.3 cm³/mol. The fourth-order valence-electron chi connectivity index (χ4n) is 2.61. The van der Waals surface area contributed by atoms with Crippen LogP contribution in [0.4, 0.5) is 0 Å². The number of ether oxygens (including phenoxy) is 2. The van der Waals surface area contributed by atoms with Gasteiger partial charge in [-0.1, -0.05) is 38.1 Å². The van der Waals surface area contributed by atoms with Crippen LogP contribution < -0.4 is 4.72 Å². The molecule has 1 fully saturated rings. The van der Waals surface area contributed by atoms with E-state index in [1.165, 1.54) is 0 Å². The molecule has 1 aliphatic rings. The Balaban J connectivity index is 2.37. The normalized spacial score (nSPS) is 24.5. The lowest BCUT2D eigenvalue weighted by Crippen LogP contribution is -2.40. The van der Waals surface area contributed by atoms with Gasteiger partial charge in [0.1, 0.15) is 6.10 Å². The highest BCUT2D eigenvalue weighted by molar-refractivity contribution is 7.84. The Morgan fingerprint density at radius 3 is 2.41 bits per heavy atom. The summed E-state index contributed by atoms with van der Waals surface area (Å²) in [6, 6.07) is 7.69. The van der Waals surface area contributed by atoms with Crippen LogP contribution >= 0.6 is 0 Å². The molecule has 0 aliphatic carbocycles. The van der Waals surface area contributed by atoms with Crippen molar-refractivity contribution < 1.29 is 22.1 Å². The van der Waals surface area contributed by atoms with E-state index in [2.05, 4.69) is 8.91 Å². The molecule has 1 saturated heterocycles. The van der Waals surface area contributed by atoms with Crippen molar-refractivity contribution in [3.8, 4) is 0 Å². The summed E-state index contributed by atoms with van der Waals surface area (Å²) in [7, 11) is -2.77. The standard InChI is InChI=1S/C15H23NO5S/c1-5-15(6-2)20-13(12-10-8-7-9-11(12)3)14(21-15)16-22(17,18)19-4/h7-10,13-14,16H,5-6H2,1-4H3/t13-,14-/m0/s1. The molecule has 0 amide bonds. The maximum atomic E-state index is 11.7. The third-order valence-corrected chi connectivity index (χ3v) is 4.97. The topological polar surface area (TPSA) is 73.9 Å². The van der Waals surface area contributed by atoms with Gasteiger partial charge in [-0.3, -0.25) is 4.18 Å². The molecule has 1 aliphatic heterocycles. The summed E-state index contributed by atoms with van der Waals surface area (Å²) in [6.45, 7) is 5.86. The van der Waals surface area contributed by atoms with E-state index in [9.17, 15) is 8.42 Å². The summed E-state index contributed by atoms with van der Waals surface area (Å²) in [6.07, 6.45) is -0.106. The van der Waals surface area contributed by atoms with E-state index in [0.29, 0.717) is 12.8 Å². The Bertz CT molecular complexity index is 612. The molecule has 1 N–H and O–H groups in total. The van der Waals surface area contributed by atoms with Gasteiger partial charge in [0.15, 0.2) is 12.0 Å². The smallest absolute Gasteiger partial charge is 0.337 e. The monoisotopic (exact) mass is 329 g/mol.